The molecule has 0 saturated heterocycles. The number of nitrogens with one attached hydrogen (secondary N) is 1. The summed E-state index contributed by atoms with van der Waals surface area (Å²) in [5.74, 6) is 1.19. The van der Waals surface area contributed by atoms with Gasteiger partial charge < -0.3 is 11.1 Å². The zero-order chi connectivity index (χ0) is 20.7. The Morgan fingerprint density at radius 1 is 1.25 bits per heavy atom. The van der Waals surface area contributed by atoms with Gasteiger partial charge in [-0.15, -0.1) is 0 Å². The van der Waals surface area contributed by atoms with E-state index in [9.17, 15) is 13.2 Å². The number of alkyl halides is 3. The topological polar surface area (TPSA) is 63.8 Å². The van der Waals surface area contributed by atoms with Gasteiger partial charge in [0.25, 0.3) is 0 Å². The molecule has 0 saturated carbocycles. The molecule has 150 valence electrons. The van der Waals surface area contributed by atoms with E-state index in [0.717, 1.165) is 23.1 Å². The van der Waals surface area contributed by atoms with E-state index in [-0.39, 0.29) is 11.6 Å². The van der Waals surface area contributed by atoms with Crippen LogP contribution in [-0.4, -0.2) is 15.5 Å². The first kappa shape index (κ1) is 20.3. The van der Waals surface area contributed by atoms with Crippen LogP contribution in [0.3, 0.4) is 0 Å². The summed E-state index contributed by atoms with van der Waals surface area (Å²) in [6.07, 6.45) is 1.04. The minimum Gasteiger partial charge on any atom is -0.363 e. The average molecular weight is 390 g/mol. The third-order valence-corrected chi connectivity index (χ3v) is 5.36. The number of anilines is 1. The van der Waals surface area contributed by atoms with Gasteiger partial charge >= 0.3 is 6.18 Å². The molecule has 1 aliphatic rings. The monoisotopic (exact) mass is 390 g/mol. The van der Waals surface area contributed by atoms with Crippen molar-refractivity contribution in [1.82, 2.24) is 9.97 Å². The van der Waals surface area contributed by atoms with Crippen molar-refractivity contribution >= 4 is 18.0 Å². The van der Waals surface area contributed by atoms with Crippen LogP contribution in [0.2, 0.25) is 0 Å². The second-order valence-electron chi connectivity index (χ2n) is 7.44. The zero-order valence-corrected chi connectivity index (χ0v) is 16.5. The lowest BCUT2D eigenvalue weighted by atomic mass is 9.89. The van der Waals surface area contributed by atoms with Crippen LogP contribution in [-0.2, 0) is 6.18 Å². The molecule has 7 heteroatoms. The van der Waals surface area contributed by atoms with Crippen LogP contribution in [0.5, 0.6) is 0 Å². The summed E-state index contributed by atoms with van der Waals surface area (Å²) >= 11 is 0. The SMILES string of the molecule is CCC1(N)C=c2nc(C)nc(NC(C)c3cccc(C(F)(F)F)c3C)c2=CC1. The van der Waals surface area contributed by atoms with Gasteiger partial charge in [-0.1, -0.05) is 25.1 Å². The largest absolute Gasteiger partial charge is 0.416 e. The van der Waals surface area contributed by atoms with Gasteiger partial charge in [0.2, 0.25) is 0 Å². The molecule has 2 atom stereocenters. The Morgan fingerprint density at radius 2 is 1.96 bits per heavy atom. The highest BCUT2D eigenvalue weighted by atomic mass is 19.4. The number of benzene rings is 1. The summed E-state index contributed by atoms with van der Waals surface area (Å²) in [5.41, 5.74) is 6.12. The fourth-order valence-corrected chi connectivity index (χ4v) is 3.61. The number of nitrogens with zero attached hydrogens (tertiary/aromatic N) is 2. The van der Waals surface area contributed by atoms with Gasteiger partial charge in [0.1, 0.15) is 11.6 Å². The number of rotatable bonds is 4. The lowest BCUT2D eigenvalue weighted by molar-refractivity contribution is -0.138. The van der Waals surface area contributed by atoms with Crippen LogP contribution < -0.4 is 21.6 Å². The van der Waals surface area contributed by atoms with Crippen LogP contribution in [0.25, 0.3) is 12.2 Å². The van der Waals surface area contributed by atoms with Crippen LogP contribution >= 0.6 is 0 Å². The van der Waals surface area contributed by atoms with Crippen molar-refractivity contribution in [3.8, 4) is 0 Å². The molecule has 0 fully saturated rings. The van der Waals surface area contributed by atoms with Crippen molar-refractivity contribution in [3.63, 3.8) is 0 Å². The number of nitrogens with two attached hydrogens (primary N) is 1. The highest BCUT2D eigenvalue weighted by Gasteiger charge is 2.33. The number of aromatic nitrogens is 2. The smallest absolute Gasteiger partial charge is 0.363 e. The average Bonchev–Trinajstić information content (AvgIpc) is 2.60. The van der Waals surface area contributed by atoms with Gasteiger partial charge in [-0.25, -0.2) is 9.97 Å². The summed E-state index contributed by atoms with van der Waals surface area (Å²) in [4.78, 5) is 8.98. The second kappa shape index (κ2) is 7.20. The lowest BCUT2D eigenvalue weighted by Gasteiger charge is -2.26. The Hall–Kier alpha value is -2.41. The molecular weight excluding hydrogens is 365 g/mol. The highest BCUT2D eigenvalue weighted by Crippen LogP contribution is 2.34. The van der Waals surface area contributed by atoms with Crippen molar-refractivity contribution in [1.29, 1.82) is 0 Å². The predicted octanol–water partition coefficient (Wildman–Crippen LogP) is 3.36. The zero-order valence-electron chi connectivity index (χ0n) is 16.5. The standard InChI is InChI=1S/C21H25F3N4/c1-5-20(25)10-9-16-18(11-20)27-14(4)28-19(16)26-13(3)15-7-6-8-17(12(15)2)21(22,23)24/h6-9,11,13H,5,10,25H2,1-4H3,(H,26,27,28). The molecular formula is C21H25F3N4. The first-order valence-electron chi connectivity index (χ1n) is 9.34. The van der Waals surface area contributed by atoms with E-state index in [0.29, 0.717) is 23.6 Å². The number of halogens is 3. The first-order chi connectivity index (χ1) is 13.0. The maximum atomic E-state index is 13.2. The van der Waals surface area contributed by atoms with E-state index < -0.39 is 17.3 Å². The van der Waals surface area contributed by atoms with E-state index in [2.05, 4.69) is 15.3 Å². The summed E-state index contributed by atoms with van der Waals surface area (Å²) in [5, 5.41) is 4.89. The molecule has 1 aromatic heterocycles. The van der Waals surface area contributed by atoms with Crippen molar-refractivity contribution in [2.75, 3.05) is 5.32 Å². The molecule has 3 N–H and O–H groups in total. The lowest BCUT2D eigenvalue weighted by Crippen LogP contribution is -2.46. The van der Waals surface area contributed by atoms with Gasteiger partial charge in [0, 0.05) is 10.8 Å². The Labute approximate surface area is 162 Å². The molecule has 0 radical (unpaired) electrons. The Balaban J connectivity index is 2.02. The van der Waals surface area contributed by atoms with Crippen LogP contribution in [0, 0.1) is 13.8 Å². The Kier molecular flexibility index (Phi) is 5.23. The molecule has 28 heavy (non-hydrogen) atoms. The number of hydrogen-bond acceptors (Lipinski definition) is 4. The van der Waals surface area contributed by atoms with Crippen molar-refractivity contribution < 1.29 is 13.2 Å². The molecule has 0 spiro atoms. The molecule has 1 aromatic carbocycles. The van der Waals surface area contributed by atoms with Crippen molar-refractivity contribution in [3.05, 3.63) is 51.3 Å². The number of aryl methyl sites for hydroxylation is 1. The van der Waals surface area contributed by atoms with Crippen LogP contribution in [0.15, 0.2) is 18.2 Å². The minimum atomic E-state index is -4.38. The Bertz CT molecular complexity index is 1010. The molecule has 0 amide bonds. The summed E-state index contributed by atoms with van der Waals surface area (Å²) in [6.45, 7) is 7.15. The minimum absolute atomic E-state index is 0.220. The summed E-state index contributed by atoms with van der Waals surface area (Å²) in [7, 11) is 0. The second-order valence-corrected chi connectivity index (χ2v) is 7.44. The molecule has 1 heterocycles. The number of fused-ring (bicyclic) bond motifs is 1. The van der Waals surface area contributed by atoms with Crippen LogP contribution in [0.1, 0.15) is 55.2 Å². The predicted molar refractivity (Wildman–Crippen MR) is 105 cm³/mol. The fourth-order valence-electron chi connectivity index (χ4n) is 3.61. The fraction of sp³-hybridized carbons (Fsp3) is 0.429. The maximum Gasteiger partial charge on any atom is 0.416 e. The molecule has 4 nitrogen and oxygen atoms in total. The number of hydrogen-bond donors (Lipinski definition) is 2. The summed E-state index contributed by atoms with van der Waals surface area (Å²) in [6, 6.07) is 3.90. The molecule has 2 aromatic rings. The molecule has 1 aliphatic carbocycles. The van der Waals surface area contributed by atoms with Gasteiger partial charge in [-0.2, -0.15) is 13.2 Å². The third-order valence-electron chi connectivity index (χ3n) is 5.36. The van der Waals surface area contributed by atoms with Crippen molar-refractivity contribution in [2.24, 2.45) is 5.73 Å². The van der Waals surface area contributed by atoms with Gasteiger partial charge in [0.05, 0.1) is 17.0 Å². The van der Waals surface area contributed by atoms with Gasteiger partial charge in [-0.3, -0.25) is 0 Å². The maximum absolute atomic E-state index is 13.2. The normalized spacial score (nSPS) is 20.0. The first-order valence-corrected chi connectivity index (χ1v) is 9.34. The molecule has 2 unspecified atom stereocenters. The van der Waals surface area contributed by atoms with E-state index in [1.54, 1.807) is 13.0 Å². The third kappa shape index (κ3) is 3.90. The van der Waals surface area contributed by atoms with E-state index in [1.165, 1.54) is 13.0 Å². The highest BCUT2D eigenvalue weighted by molar-refractivity contribution is 5.54. The molecule has 3 rings (SSSR count). The summed E-state index contributed by atoms with van der Waals surface area (Å²) < 4.78 is 39.7. The van der Waals surface area contributed by atoms with Crippen LogP contribution in [0.4, 0.5) is 19.0 Å². The molecule has 0 bridgehead atoms. The van der Waals surface area contributed by atoms with Gasteiger partial charge in [0.15, 0.2) is 0 Å². The van der Waals surface area contributed by atoms with E-state index >= 15 is 0 Å². The van der Waals surface area contributed by atoms with E-state index in [1.807, 2.05) is 26.0 Å². The van der Waals surface area contributed by atoms with Crippen molar-refractivity contribution in [2.45, 2.75) is 58.3 Å². The van der Waals surface area contributed by atoms with E-state index in [4.69, 9.17) is 5.73 Å². The van der Waals surface area contributed by atoms with Gasteiger partial charge in [-0.05, 0) is 56.9 Å². The Morgan fingerprint density at radius 3 is 2.61 bits per heavy atom. The molecule has 0 aliphatic heterocycles. The quantitative estimate of drug-likeness (QED) is 0.840.